The number of thioether (sulfide) groups is 1. The van der Waals surface area contributed by atoms with Gasteiger partial charge in [0.25, 0.3) is 5.91 Å². The number of hydrogen-bond donors (Lipinski definition) is 1. The van der Waals surface area contributed by atoms with Gasteiger partial charge < -0.3 is 0 Å². The van der Waals surface area contributed by atoms with Crippen molar-refractivity contribution in [3.8, 4) is 0 Å². The molecule has 0 aliphatic heterocycles. The molecule has 3 aromatic rings. The lowest BCUT2D eigenvalue weighted by Crippen LogP contribution is -2.13. The number of amides is 1. The molecule has 3 rings (SSSR count). The lowest BCUT2D eigenvalue weighted by atomic mass is 10.2. The third-order valence-electron chi connectivity index (χ3n) is 3.19. The molecule has 4 nitrogen and oxygen atoms in total. The van der Waals surface area contributed by atoms with Crippen LogP contribution in [0.5, 0.6) is 0 Å². The van der Waals surface area contributed by atoms with Crippen LogP contribution >= 0.6 is 34.7 Å². The fourth-order valence-electron chi connectivity index (χ4n) is 1.99. The summed E-state index contributed by atoms with van der Waals surface area (Å²) >= 11 is 9.30. The van der Waals surface area contributed by atoms with Crippen molar-refractivity contribution in [2.75, 3.05) is 5.32 Å². The van der Waals surface area contributed by atoms with Crippen molar-refractivity contribution < 1.29 is 4.79 Å². The van der Waals surface area contributed by atoms with Crippen LogP contribution in [0.25, 0.3) is 0 Å². The maximum atomic E-state index is 12.1. The van der Waals surface area contributed by atoms with Crippen molar-refractivity contribution >= 4 is 45.7 Å². The predicted octanol–water partition coefficient (Wildman–Crippen LogP) is 5.04. The van der Waals surface area contributed by atoms with Gasteiger partial charge in [-0.15, -0.1) is 11.8 Å². The maximum Gasteiger partial charge on any atom is 0.276 e. The van der Waals surface area contributed by atoms with E-state index in [-0.39, 0.29) is 5.91 Å². The molecule has 0 bridgehead atoms. The molecule has 0 saturated carbocycles. The Bertz CT molecular complexity index is 852. The number of carbonyl (C=O) groups excluding carboxylic acids is 1. The van der Waals surface area contributed by atoms with E-state index in [0.717, 1.165) is 26.2 Å². The van der Waals surface area contributed by atoms with Crippen LogP contribution in [0.4, 0.5) is 5.13 Å². The van der Waals surface area contributed by atoms with E-state index in [1.54, 1.807) is 36.2 Å². The summed E-state index contributed by atoms with van der Waals surface area (Å²) in [5.41, 5.74) is 2.35. The molecule has 0 saturated heterocycles. The van der Waals surface area contributed by atoms with E-state index in [1.807, 2.05) is 31.2 Å². The van der Waals surface area contributed by atoms with Gasteiger partial charge in [-0.2, -0.15) is 0 Å². The summed E-state index contributed by atoms with van der Waals surface area (Å²) in [5.74, 6) is 0.503. The van der Waals surface area contributed by atoms with E-state index in [0.29, 0.717) is 10.8 Å². The number of carbonyl (C=O) groups is 1. The highest BCUT2D eigenvalue weighted by Crippen LogP contribution is 2.35. The molecule has 2 aromatic heterocycles. The first kappa shape index (κ1) is 17.0. The Labute approximate surface area is 153 Å². The number of nitrogens with zero attached hydrogens (tertiary/aromatic N) is 2. The number of aromatic nitrogens is 2. The normalized spacial score (nSPS) is 10.6. The van der Waals surface area contributed by atoms with E-state index >= 15 is 0 Å². The minimum atomic E-state index is -0.257. The zero-order chi connectivity index (χ0) is 16.9. The van der Waals surface area contributed by atoms with Crippen LogP contribution in [-0.2, 0) is 5.75 Å². The quantitative estimate of drug-likeness (QED) is 0.634. The molecule has 0 radical (unpaired) electrons. The van der Waals surface area contributed by atoms with Gasteiger partial charge in [-0.25, -0.2) is 4.98 Å². The summed E-state index contributed by atoms with van der Waals surface area (Å²) < 4.78 is 1.06. The largest absolute Gasteiger partial charge is 0.296 e. The molecule has 0 unspecified atom stereocenters. The number of aryl methyl sites for hydroxylation is 1. The van der Waals surface area contributed by atoms with Gasteiger partial charge >= 0.3 is 0 Å². The number of pyridine rings is 1. The van der Waals surface area contributed by atoms with Crippen molar-refractivity contribution in [3.63, 3.8) is 0 Å². The molecule has 24 heavy (non-hydrogen) atoms. The Morgan fingerprint density at radius 2 is 2.04 bits per heavy atom. The number of thiazole rings is 1. The van der Waals surface area contributed by atoms with Crippen LogP contribution in [0.3, 0.4) is 0 Å². The van der Waals surface area contributed by atoms with E-state index in [9.17, 15) is 4.79 Å². The van der Waals surface area contributed by atoms with Gasteiger partial charge in [0.05, 0.1) is 9.90 Å². The Balaban J connectivity index is 1.67. The standard InChI is InChI=1S/C17H14ClN3OS2/c1-11-16(23-10-12-6-2-3-7-13(12)18)24-17(20-11)21-15(22)14-8-4-5-9-19-14/h2-9H,10H2,1H3,(H,20,21,22). The smallest absolute Gasteiger partial charge is 0.276 e. The molecule has 0 fully saturated rings. The first-order chi connectivity index (χ1) is 11.6. The minimum absolute atomic E-state index is 0.257. The molecule has 0 spiro atoms. The van der Waals surface area contributed by atoms with E-state index in [2.05, 4.69) is 15.3 Å². The molecule has 2 heterocycles. The molecule has 0 atom stereocenters. The average molecular weight is 376 g/mol. The second kappa shape index (κ2) is 7.79. The second-order valence-corrected chi connectivity index (χ2v) is 7.59. The van der Waals surface area contributed by atoms with Gasteiger partial charge in [0.15, 0.2) is 5.13 Å². The molecule has 1 aromatic carbocycles. The van der Waals surface area contributed by atoms with E-state index < -0.39 is 0 Å². The first-order valence-electron chi connectivity index (χ1n) is 7.19. The summed E-state index contributed by atoms with van der Waals surface area (Å²) in [6.45, 7) is 1.93. The number of hydrogen-bond acceptors (Lipinski definition) is 5. The highest BCUT2D eigenvalue weighted by atomic mass is 35.5. The maximum absolute atomic E-state index is 12.1. The first-order valence-corrected chi connectivity index (χ1v) is 9.37. The predicted molar refractivity (Wildman–Crippen MR) is 100 cm³/mol. The van der Waals surface area contributed by atoms with Crippen LogP contribution in [0.15, 0.2) is 52.9 Å². The van der Waals surface area contributed by atoms with Crippen molar-refractivity contribution in [3.05, 3.63) is 70.6 Å². The van der Waals surface area contributed by atoms with Gasteiger partial charge in [0.2, 0.25) is 0 Å². The number of benzene rings is 1. The molecular weight excluding hydrogens is 362 g/mol. The van der Waals surface area contributed by atoms with Crippen LogP contribution in [-0.4, -0.2) is 15.9 Å². The third-order valence-corrected chi connectivity index (χ3v) is 6.04. The number of rotatable bonds is 5. The summed E-state index contributed by atoms with van der Waals surface area (Å²) in [7, 11) is 0. The molecule has 122 valence electrons. The van der Waals surface area contributed by atoms with Gasteiger partial charge in [-0.1, -0.05) is 47.2 Å². The van der Waals surface area contributed by atoms with Gasteiger partial charge in [-0.05, 0) is 30.7 Å². The Morgan fingerprint density at radius 1 is 1.25 bits per heavy atom. The SMILES string of the molecule is Cc1nc(NC(=O)c2ccccn2)sc1SCc1ccccc1Cl. The Morgan fingerprint density at radius 3 is 2.79 bits per heavy atom. The molecular formula is C17H14ClN3OS2. The lowest BCUT2D eigenvalue weighted by molar-refractivity contribution is 0.102. The van der Waals surface area contributed by atoms with Crippen molar-refractivity contribution in [2.24, 2.45) is 0 Å². The molecule has 1 N–H and O–H groups in total. The molecule has 1 amide bonds. The van der Waals surface area contributed by atoms with Crippen molar-refractivity contribution in [1.29, 1.82) is 0 Å². The second-order valence-electron chi connectivity index (χ2n) is 4.94. The van der Waals surface area contributed by atoms with Crippen molar-refractivity contribution in [2.45, 2.75) is 16.9 Å². The van der Waals surface area contributed by atoms with Gasteiger partial charge in [0.1, 0.15) is 5.69 Å². The summed E-state index contributed by atoms with van der Waals surface area (Å²) in [6, 6.07) is 13.0. The number of nitrogens with one attached hydrogen (secondary N) is 1. The zero-order valence-corrected chi connectivity index (χ0v) is 15.2. The molecule has 0 aliphatic carbocycles. The number of halogens is 1. The highest BCUT2D eigenvalue weighted by molar-refractivity contribution is 8.00. The van der Waals surface area contributed by atoms with Crippen LogP contribution < -0.4 is 5.32 Å². The molecule has 0 aliphatic rings. The number of anilines is 1. The third kappa shape index (κ3) is 4.14. The summed E-state index contributed by atoms with van der Waals surface area (Å²) in [6.07, 6.45) is 1.59. The molecule has 7 heteroatoms. The summed E-state index contributed by atoms with van der Waals surface area (Å²) in [5, 5.41) is 4.13. The van der Waals surface area contributed by atoms with Crippen LogP contribution in [0.2, 0.25) is 5.02 Å². The fraction of sp³-hybridized carbons (Fsp3) is 0.118. The lowest BCUT2D eigenvalue weighted by Gasteiger charge is -2.02. The summed E-state index contributed by atoms with van der Waals surface area (Å²) in [4.78, 5) is 20.6. The van der Waals surface area contributed by atoms with Crippen LogP contribution in [0.1, 0.15) is 21.7 Å². The topological polar surface area (TPSA) is 54.9 Å². The average Bonchev–Trinajstić information content (AvgIpc) is 2.94. The Hall–Kier alpha value is -1.89. The Kier molecular flexibility index (Phi) is 5.50. The van der Waals surface area contributed by atoms with Crippen LogP contribution in [0, 0.1) is 6.92 Å². The van der Waals surface area contributed by atoms with Crippen molar-refractivity contribution in [1.82, 2.24) is 9.97 Å². The van der Waals surface area contributed by atoms with Gasteiger partial charge in [0, 0.05) is 17.0 Å². The monoisotopic (exact) mass is 375 g/mol. The zero-order valence-electron chi connectivity index (χ0n) is 12.8. The minimum Gasteiger partial charge on any atom is -0.296 e. The van der Waals surface area contributed by atoms with E-state index in [4.69, 9.17) is 11.6 Å². The van der Waals surface area contributed by atoms with E-state index in [1.165, 1.54) is 11.3 Å². The fourth-order valence-corrected chi connectivity index (χ4v) is 4.41. The highest BCUT2D eigenvalue weighted by Gasteiger charge is 2.13. The van der Waals surface area contributed by atoms with Gasteiger partial charge in [-0.3, -0.25) is 15.1 Å².